The fraction of sp³-hybridized carbons (Fsp3) is 0.188. The van der Waals surface area contributed by atoms with Crippen LogP contribution in [0.5, 0.6) is 0 Å². The first-order valence-electron chi connectivity index (χ1n) is 6.37. The van der Waals surface area contributed by atoms with Crippen LogP contribution in [0.2, 0.25) is 0 Å². The number of primary amides is 1. The standard InChI is InChI=1S/C16H18N2OS/c1-11-8-12(16(17)19)6-7-13(11)10-18-14-4-3-5-15(9-14)20-2/h3-9,18H,10H2,1-2H3,(H2,17,19). The van der Waals surface area contributed by atoms with Crippen LogP contribution < -0.4 is 11.1 Å². The molecule has 0 saturated heterocycles. The molecule has 0 atom stereocenters. The number of hydrogen-bond acceptors (Lipinski definition) is 3. The summed E-state index contributed by atoms with van der Waals surface area (Å²) in [5.74, 6) is -0.389. The van der Waals surface area contributed by atoms with Crippen molar-refractivity contribution >= 4 is 23.4 Å². The second kappa shape index (κ2) is 6.48. The van der Waals surface area contributed by atoms with Gasteiger partial charge in [0.15, 0.2) is 0 Å². The van der Waals surface area contributed by atoms with Gasteiger partial charge in [0.05, 0.1) is 0 Å². The molecule has 0 radical (unpaired) electrons. The lowest BCUT2D eigenvalue weighted by molar-refractivity contribution is 0.1000. The number of thioether (sulfide) groups is 1. The third-order valence-electron chi connectivity index (χ3n) is 3.18. The van der Waals surface area contributed by atoms with Crippen LogP contribution in [0.3, 0.4) is 0 Å². The van der Waals surface area contributed by atoms with Crippen molar-refractivity contribution in [2.24, 2.45) is 5.73 Å². The van der Waals surface area contributed by atoms with Gasteiger partial charge >= 0.3 is 0 Å². The van der Waals surface area contributed by atoms with Gasteiger partial charge in [0.25, 0.3) is 0 Å². The van der Waals surface area contributed by atoms with Gasteiger partial charge in [-0.15, -0.1) is 11.8 Å². The maximum atomic E-state index is 11.1. The van der Waals surface area contributed by atoms with E-state index in [0.717, 1.165) is 23.4 Å². The molecule has 0 aliphatic rings. The van der Waals surface area contributed by atoms with E-state index in [0.29, 0.717) is 5.56 Å². The minimum Gasteiger partial charge on any atom is -0.381 e. The minimum atomic E-state index is -0.389. The van der Waals surface area contributed by atoms with Crippen molar-refractivity contribution in [2.45, 2.75) is 18.4 Å². The second-order valence-corrected chi connectivity index (χ2v) is 5.47. The third-order valence-corrected chi connectivity index (χ3v) is 3.91. The first-order chi connectivity index (χ1) is 9.60. The monoisotopic (exact) mass is 286 g/mol. The van der Waals surface area contributed by atoms with Crippen molar-refractivity contribution in [1.82, 2.24) is 0 Å². The highest BCUT2D eigenvalue weighted by molar-refractivity contribution is 7.98. The van der Waals surface area contributed by atoms with Crippen molar-refractivity contribution in [3.8, 4) is 0 Å². The molecule has 104 valence electrons. The predicted molar refractivity (Wildman–Crippen MR) is 85.2 cm³/mol. The number of carbonyl (C=O) groups excluding carboxylic acids is 1. The van der Waals surface area contributed by atoms with Crippen molar-refractivity contribution < 1.29 is 4.79 Å². The summed E-state index contributed by atoms with van der Waals surface area (Å²) < 4.78 is 0. The molecule has 0 aromatic heterocycles. The zero-order chi connectivity index (χ0) is 14.5. The van der Waals surface area contributed by atoms with Crippen molar-refractivity contribution in [3.05, 3.63) is 59.2 Å². The number of aryl methyl sites for hydroxylation is 1. The Kier molecular flexibility index (Phi) is 4.69. The second-order valence-electron chi connectivity index (χ2n) is 4.59. The van der Waals surface area contributed by atoms with E-state index in [1.165, 1.54) is 4.90 Å². The molecular formula is C16H18N2OS. The first kappa shape index (κ1) is 14.5. The fourth-order valence-electron chi connectivity index (χ4n) is 1.98. The number of hydrogen-bond donors (Lipinski definition) is 2. The van der Waals surface area contributed by atoms with Gasteiger partial charge in [-0.05, 0) is 54.6 Å². The Morgan fingerprint density at radius 3 is 2.70 bits per heavy atom. The maximum absolute atomic E-state index is 11.1. The Hall–Kier alpha value is -1.94. The molecule has 2 aromatic carbocycles. The van der Waals surface area contributed by atoms with Crippen LogP contribution in [0, 0.1) is 6.92 Å². The van der Waals surface area contributed by atoms with Crippen LogP contribution in [0.15, 0.2) is 47.4 Å². The molecule has 3 N–H and O–H groups in total. The number of nitrogens with two attached hydrogens (primary N) is 1. The summed E-state index contributed by atoms with van der Waals surface area (Å²) in [5.41, 5.74) is 9.14. The molecule has 2 rings (SSSR count). The number of nitrogens with one attached hydrogen (secondary N) is 1. The molecule has 20 heavy (non-hydrogen) atoms. The van der Waals surface area contributed by atoms with Crippen LogP contribution in [0.25, 0.3) is 0 Å². The van der Waals surface area contributed by atoms with E-state index < -0.39 is 0 Å². The molecule has 3 nitrogen and oxygen atoms in total. The summed E-state index contributed by atoms with van der Waals surface area (Å²) in [5, 5.41) is 3.40. The molecule has 0 fully saturated rings. The quantitative estimate of drug-likeness (QED) is 0.828. The molecule has 0 aliphatic carbocycles. The van der Waals surface area contributed by atoms with E-state index in [9.17, 15) is 4.79 Å². The Labute approximate surface area is 123 Å². The average Bonchev–Trinajstić information content (AvgIpc) is 2.46. The number of amides is 1. The Balaban J connectivity index is 2.08. The summed E-state index contributed by atoms with van der Waals surface area (Å²) in [4.78, 5) is 12.4. The van der Waals surface area contributed by atoms with Gasteiger partial charge in [0.1, 0.15) is 0 Å². The highest BCUT2D eigenvalue weighted by atomic mass is 32.2. The number of rotatable bonds is 5. The molecule has 2 aromatic rings. The molecule has 0 spiro atoms. The molecule has 0 heterocycles. The van der Waals surface area contributed by atoms with Gasteiger partial charge in [-0.25, -0.2) is 0 Å². The van der Waals surface area contributed by atoms with Gasteiger partial charge in [0, 0.05) is 22.7 Å². The molecule has 0 aliphatic heterocycles. The number of benzene rings is 2. The van der Waals surface area contributed by atoms with E-state index in [2.05, 4.69) is 23.7 Å². The summed E-state index contributed by atoms with van der Waals surface area (Å²) in [6.07, 6.45) is 2.06. The Morgan fingerprint density at radius 1 is 1.25 bits per heavy atom. The van der Waals surface area contributed by atoms with Crippen LogP contribution >= 0.6 is 11.8 Å². The van der Waals surface area contributed by atoms with Crippen LogP contribution in [-0.4, -0.2) is 12.2 Å². The topological polar surface area (TPSA) is 55.1 Å². The predicted octanol–water partition coefficient (Wildman–Crippen LogP) is 3.43. The largest absolute Gasteiger partial charge is 0.381 e. The Bertz CT molecular complexity index is 626. The molecule has 4 heteroatoms. The fourth-order valence-corrected chi connectivity index (χ4v) is 2.44. The van der Waals surface area contributed by atoms with Crippen molar-refractivity contribution in [2.75, 3.05) is 11.6 Å². The summed E-state index contributed by atoms with van der Waals surface area (Å²) in [6.45, 7) is 2.71. The molecule has 1 amide bonds. The van der Waals surface area contributed by atoms with Gasteiger partial charge in [-0.3, -0.25) is 4.79 Å². The minimum absolute atomic E-state index is 0.389. The normalized spacial score (nSPS) is 10.3. The van der Waals surface area contributed by atoms with E-state index >= 15 is 0 Å². The van der Waals surface area contributed by atoms with Gasteiger partial charge in [-0.2, -0.15) is 0 Å². The van der Waals surface area contributed by atoms with E-state index in [1.807, 2.05) is 31.2 Å². The SMILES string of the molecule is CSc1cccc(NCc2ccc(C(N)=O)cc2C)c1. The molecular weight excluding hydrogens is 268 g/mol. The maximum Gasteiger partial charge on any atom is 0.248 e. The summed E-state index contributed by atoms with van der Waals surface area (Å²) in [7, 11) is 0. The average molecular weight is 286 g/mol. The van der Waals surface area contributed by atoms with E-state index in [4.69, 9.17) is 5.73 Å². The lowest BCUT2D eigenvalue weighted by Crippen LogP contribution is -2.11. The van der Waals surface area contributed by atoms with Crippen LogP contribution in [0.1, 0.15) is 21.5 Å². The first-order valence-corrected chi connectivity index (χ1v) is 7.60. The van der Waals surface area contributed by atoms with Gasteiger partial charge in [-0.1, -0.05) is 12.1 Å². The van der Waals surface area contributed by atoms with E-state index in [1.54, 1.807) is 17.8 Å². The molecule has 0 unspecified atom stereocenters. The van der Waals surface area contributed by atoms with Crippen LogP contribution in [0.4, 0.5) is 5.69 Å². The number of carbonyl (C=O) groups is 1. The lowest BCUT2D eigenvalue weighted by Gasteiger charge is -2.10. The molecule has 0 bridgehead atoms. The smallest absolute Gasteiger partial charge is 0.248 e. The zero-order valence-electron chi connectivity index (χ0n) is 11.6. The van der Waals surface area contributed by atoms with Gasteiger partial charge < -0.3 is 11.1 Å². The van der Waals surface area contributed by atoms with Gasteiger partial charge in [0.2, 0.25) is 5.91 Å². The van der Waals surface area contributed by atoms with Crippen LogP contribution in [-0.2, 0) is 6.54 Å². The highest BCUT2D eigenvalue weighted by Gasteiger charge is 2.04. The molecule has 0 saturated carbocycles. The highest BCUT2D eigenvalue weighted by Crippen LogP contribution is 2.20. The van der Waals surface area contributed by atoms with Crippen molar-refractivity contribution in [3.63, 3.8) is 0 Å². The lowest BCUT2D eigenvalue weighted by atomic mass is 10.0. The van der Waals surface area contributed by atoms with Crippen molar-refractivity contribution in [1.29, 1.82) is 0 Å². The van der Waals surface area contributed by atoms with E-state index in [-0.39, 0.29) is 5.91 Å². The Morgan fingerprint density at radius 2 is 2.05 bits per heavy atom. The summed E-state index contributed by atoms with van der Waals surface area (Å²) in [6, 6.07) is 13.8. The summed E-state index contributed by atoms with van der Waals surface area (Å²) >= 11 is 1.72. The number of anilines is 1. The third kappa shape index (κ3) is 3.54. The zero-order valence-corrected chi connectivity index (χ0v) is 12.5.